The zero-order chi connectivity index (χ0) is 21.2. The standard InChI is InChI=1S/C19H15F5N4O/c1-18(20,21)15-10-12(2-8-16(15)25)3-9-17-26-11-28(27-17)13-4-6-14(7-5-13)29-19(22,23)24/h2-11H,25H2,1H3/b9-3+. The average molecular weight is 410 g/mol. The fourth-order valence-electron chi connectivity index (χ4n) is 2.51. The van der Waals surface area contributed by atoms with E-state index in [1.807, 2.05) is 0 Å². The highest BCUT2D eigenvalue weighted by atomic mass is 19.4. The number of nitrogens with zero attached hydrogens (tertiary/aromatic N) is 3. The first-order valence-corrected chi connectivity index (χ1v) is 8.25. The van der Waals surface area contributed by atoms with Gasteiger partial charge >= 0.3 is 6.36 Å². The minimum atomic E-state index is -4.77. The van der Waals surface area contributed by atoms with Crippen molar-refractivity contribution < 1.29 is 26.7 Å². The number of nitrogen functional groups attached to an aromatic ring is 1. The van der Waals surface area contributed by atoms with Crippen LogP contribution in [0.3, 0.4) is 0 Å². The van der Waals surface area contributed by atoms with Gasteiger partial charge in [-0.25, -0.2) is 18.4 Å². The highest BCUT2D eigenvalue weighted by Gasteiger charge is 2.31. The number of hydrogen-bond donors (Lipinski definition) is 1. The Bertz CT molecular complexity index is 1020. The predicted molar refractivity (Wildman–Crippen MR) is 97.4 cm³/mol. The summed E-state index contributed by atoms with van der Waals surface area (Å²) < 4.78 is 68.9. The van der Waals surface area contributed by atoms with Crippen molar-refractivity contribution >= 4 is 17.8 Å². The number of halogens is 5. The number of nitrogens with two attached hydrogens (primary N) is 1. The SMILES string of the molecule is CC(F)(F)c1cc(/C=C/c2ncn(-c3ccc(OC(F)(F)F)cc3)n2)ccc1N. The first kappa shape index (κ1) is 20.3. The minimum absolute atomic E-state index is 0.00463. The van der Waals surface area contributed by atoms with Crippen LogP contribution in [0.4, 0.5) is 27.6 Å². The molecule has 0 aliphatic rings. The molecule has 3 aromatic rings. The summed E-state index contributed by atoms with van der Waals surface area (Å²) in [6, 6.07) is 9.34. The maximum absolute atomic E-state index is 13.6. The largest absolute Gasteiger partial charge is 0.573 e. The first-order chi connectivity index (χ1) is 13.5. The molecule has 29 heavy (non-hydrogen) atoms. The minimum Gasteiger partial charge on any atom is -0.406 e. The lowest BCUT2D eigenvalue weighted by molar-refractivity contribution is -0.274. The molecule has 0 unspecified atom stereocenters. The summed E-state index contributed by atoms with van der Waals surface area (Å²) in [6.45, 7) is 0.764. The van der Waals surface area contributed by atoms with Crippen LogP contribution in [0.15, 0.2) is 48.8 Å². The number of rotatable bonds is 5. The molecule has 0 fully saturated rings. The van der Waals surface area contributed by atoms with Crippen LogP contribution in [-0.2, 0) is 5.92 Å². The van der Waals surface area contributed by atoms with E-state index in [2.05, 4.69) is 14.8 Å². The van der Waals surface area contributed by atoms with Gasteiger partial charge in [0.15, 0.2) is 5.82 Å². The van der Waals surface area contributed by atoms with Gasteiger partial charge < -0.3 is 10.5 Å². The van der Waals surface area contributed by atoms with Gasteiger partial charge in [-0.2, -0.15) is 0 Å². The summed E-state index contributed by atoms with van der Waals surface area (Å²) in [4.78, 5) is 4.06. The molecule has 2 N–H and O–H groups in total. The molecule has 0 aliphatic heterocycles. The van der Waals surface area contributed by atoms with Crippen LogP contribution in [0, 0.1) is 0 Å². The molecule has 0 amide bonds. The Labute approximate surface area is 162 Å². The zero-order valence-corrected chi connectivity index (χ0v) is 15.0. The van der Waals surface area contributed by atoms with Gasteiger partial charge in [-0.3, -0.25) is 0 Å². The van der Waals surface area contributed by atoms with Gasteiger partial charge in [-0.15, -0.1) is 18.3 Å². The normalized spacial score (nSPS) is 12.5. The smallest absolute Gasteiger partial charge is 0.406 e. The van der Waals surface area contributed by atoms with Gasteiger partial charge in [0.25, 0.3) is 5.92 Å². The van der Waals surface area contributed by atoms with Crippen molar-refractivity contribution in [1.82, 2.24) is 14.8 Å². The Morgan fingerprint density at radius 2 is 1.69 bits per heavy atom. The summed E-state index contributed by atoms with van der Waals surface area (Å²) >= 11 is 0. The summed E-state index contributed by atoms with van der Waals surface area (Å²) in [5.74, 6) is -3.15. The first-order valence-electron chi connectivity index (χ1n) is 8.25. The molecule has 0 radical (unpaired) electrons. The van der Waals surface area contributed by atoms with Gasteiger partial charge in [0, 0.05) is 18.2 Å². The molecular weight excluding hydrogens is 395 g/mol. The second-order valence-corrected chi connectivity index (χ2v) is 6.16. The van der Waals surface area contributed by atoms with Crippen molar-refractivity contribution in [2.75, 3.05) is 5.73 Å². The second-order valence-electron chi connectivity index (χ2n) is 6.16. The van der Waals surface area contributed by atoms with E-state index in [1.165, 1.54) is 41.4 Å². The third-order valence-corrected chi connectivity index (χ3v) is 3.82. The molecule has 10 heteroatoms. The average Bonchev–Trinajstić information content (AvgIpc) is 3.08. The van der Waals surface area contributed by atoms with Gasteiger partial charge in [0.1, 0.15) is 12.1 Å². The molecule has 0 aliphatic carbocycles. The lowest BCUT2D eigenvalue weighted by Crippen LogP contribution is -2.17. The van der Waals surface area contributed by atoms with E-state index in [1.54, 1.807) is 12.1 Å². The van der Waals surface area contributed by atoms with Gasteiger partial charge in [-0.1, -0.05) is 12.1 Å². The maximum Gasteiger partial charge on any atom is 0.573 e. The molecular formula is C19H15F5N4O. The number of hydrogen-bond acceptors (Lipinski definition) is 4. The molecule has 0 saturated heterocycles. The van der Waals surface area contributed by atoms with Crippen LogP contribution >= 0.6 is 0 Å². The maximum atomic E-state index is 13.6. The van der Waals surface area contributed by atoms with Crippen LogP contribution in [0.1, 0.15) is 23.9 Å². The van der Waals surface area contributed by atoms with Crippen molar-refractivity contribution in [3.8, 4) is 11.4 Å². The summed E-state index contributed by atoms with van der Waals surface area (Å²) in [5.41, 5.74) is 6.26. The van der Waals surface area contributed by atoms with Crippen molar-refractivity contribution in [3.63, 3.8) is 0 Å². The molecule has 5 nitrogen and oxygen atoms in total. The monoisotopic (exact) mass is 410 g/mol. The van der Waals surface area contributed by atoms with Crippen LogP contribution < -0.4 is 10.5 Å². The molecule has 0 spiro atoms. The Hall–Kier alpha value is -3.43. The van der Waals surface area contributed by atoms with Gasteiger partial charge in [0.2, 0.25) is 0 Å². The number of aromatic nitrogens is 3. The fraction of sp³-hybridized carbons (Fsp3) is 0.158. The third-order valence-electron chi connectivity index (χ3n) is 3.82. The quantitative estimate of drug-likeness (QED) is 0.473. The topological polar surface area (TPSA) is 66.0 Å². The van der Waals surface area contributed by atoms with Gasteiger partial charge in [0.05, 0.1) is 5.69 Å². The third kappa shape index (κ3) is 5.31. The van der Waals surface area contributed by atoms with E-state index in [0.717, 1.165) is 19.1 Å². The fourth-order valence-corrected chi connectivity index (χ4v) is 2.51. The van der Waals surface area contributed by atoms with Crippen molar-refractivity contribution in [2.45, 2.75) is 19.2 Å². The lowest BCUT2D eigenvalue weighted by Gasteiger charge is -2.13. The zero-order valence-electron chi connectivity index (χ0n) is 15.0. The van der Waals surface area contributed by atoms with Crippen molar-refractivity contribution in [1.29, 1.82) is 0 Å². The lowest BCUT2D eigenvalue weighted by atomic mass is 10.0. The molecule has 3 rings (SSSR count). The molecule has 1 heterocycles. The molecule has 0 bridgehead atoms. The highest BCUT2D eigenvalue weighted by Crippen LogP contribution is 2.32. The van der Waals surface area contributed by atoms with Crippen LogP contribution in [0.2, 0.25) is 0 Å². The summed E-state index contributed by atoms with van der Waals surface area (Å²) in [6.07, 6.45) is -0.334. The Morgan fingerprint density at radius 1 is 1.00 bits per heavy atom. The van der Waals surface area contributed by atoms with Crippen molar-refractivity contribution in [3.05, 3.63) is 65.7 Å². The predicted octanol–water partition coefficient (Wildman–Crippen LogP) is 5.03. The van der Waals surface area contributed by atoms with Crippen LogP contribution in [0.5, 0.6) is 5.75 Å². The Morgan fingerprint density at radius 3 is 2.31 bits per heavy atom. The van der Waals surface area contributed by atoms with E-state index in [-0.39, 0.29) is 22.8 Å². The summed E-state index contributed by atoms with van der Waals surface area (Å²) in [5, 5.41) is 4.17. The Kier molecular flexibility index (Phi) is 5.27. The number of anilines is 1. The van der Waals surface area contributed by atoms with Crippen LogP contribution in [0.25, 0.3) is 17.8 Å². The summed E-state index contributed by atoms with van der Waals surface area (Å²) in [7, 11) is 0. The molecule has 0 atom stereocenters. The molecule has 152 valence electrons. The van der Waals surface area contributed by atoms with E-state index in [4.69, 9.17) is 5.73 Å². The van der Waals surface area contributed by atoms with Gasteiger partial charge in [-0.05, 0) is 48.0 Å². The van der Waals surface area contributed by atoms with E-state index >= 15 is 0 Å². The molecule has 1 aromatic heterocycles. The molecule has 2 aromatic carbocycles. The van der Waals surface area contributed by atoms with E-state index < -0.39 is 12.3 Å². The van der Waals surface area contributed by atoms with E-state index in [0.29, 0.717) is 11.3 Å². The number of alkyl halides is 5. The Balaban J connectivity index is 1.75. The molecule has 0 saturated carbocycles. The van der Waals surface area contributed by atoms with Crippen molar-refractivity contribution in [2.24, 2.45) is 0 Å². The van der Waals surface area contributed by atoms with Crippen LogP contribution in [-0.4, -0.2) is 21.1 Å². The number of benzene rings is 2. The second kappa shape index (κ2) is 7.53. The number of ether oxygens (including phenoxy) is 1. The van der Waals surface area contributed by atoms with E-state index in [9.17, 15) is 22.0 Å². The highest BCUT2D eigenvalue weighted by molar-refractivity contribution is 5.69.